The standard InChI is InChI=1S/C30H41N7O/c38-29-30(10-17-36(18-11-30)26-4-2-1-3-5-26)12-19-37(29)21-25-8-6-24(7-9-25)20-35(22-27-31-13-14-32-27)23-28-33-15-16-34-28/h6-9,13-16,26H,1-5,10-12,17-23H2,(H,31,32)(H,33,34). The number of imidazole rings is 2. The lowest BCUT2D eigenvalue weighted by Gasteiger charge is -2.42. The van der Waals surface area contributed by atoms with E-state index < -0.39 is 0 Å². The average Bonchev–Trinajstić information content (AvgIpc) is 3.72. The molecule has 3 fully saturated rings. The minimum atomic E-state index is -0.108. The maximum Gasteiger partial charge on any atom is 0.229 e. The number of piperidine rings is 1. The van der Waals surface area contributed by atoms with Crippen molar-refractivity contribution in [2.75, 3.05) is 19.6 Å². The topological polar surface area (TPSA) is 84.1 Å². The molecule has 38 heavy (non-hydrogen) atoms. The maximum absolute atomic E-state index is 13.6. The van der Waals surface area contributed by atoms with Gasteiger partial charge < -0.3 is 19.8 Å². The molecular weight excluding hydrogens is 474 g/mol. The number of nitrogens with zero attached hydrogens (tertiary/aromatic N) is 5. The fourth-order valence-electron chi connectivity index (χ4n) is 6.86. The second-order valence-electron chi connectivity index (χ2n) is 11.6. The van der Waals surface area contributed by atoms with Crippen LogP contribution in [-0.4, -0.2) is 66.2 Å². The van der Waals surface area contributed by atoms with Crippen LogP contribution in [0.5, 0.6) is 0 Å². The normalized spacial score (nSPS) is 20.7. The van der Waals surface area contributed by atoms with Crippen LogP contribution in [0, 0.1) is 5.41 Å². The maximum atomic E-state index is 13.6. The second-order valence-corrected chi connectivity index (χ2v) is 11.6. The largest absolute Gasteiger partial charge is 0.348 e. The minimum Gasteiger partial charge on any atom is -0.348 e. The molecule has 2 N–H and O–H groups in total. The molecule has 2 aliphatic heterocycles. The summed E-state index contributed by atoms with van der Waals surface area (Å²) in [5.74, 6) is 2.28. The van der Waals surface area contributed by atoms with E-state index in [9.17, 15) is 4.79 Å². The van der Waals surface area contributed by atoms with Crippen LogP contribution in [-0.2, 0) is 31.0 Å². The summed E-state index contributed by atoms with van der Waals surface area (Å²) in [5.41, 5.74) is 2.34. The third-order valence-corrected chi connectivity index (χ3v) is 9.11. The Labute approximate surface area is 225 Å². The summed E-state index contributed by atoms with van der Waals surface area (Å²) in [5, 5.41) is 0. The van der Waals surface area contributed by atoms with Gasteiger partial charge in [0.2, 0.25) is 5.91 Å². The molecule has 2 aromatic heterocycles. The molecule has 6 rings (SSSR count). The molecule has 3 aromatic rings. The first-order valence-electron chi connectivity index (χ1n) is 14.5. The monoisotopic (exact) mass is 515 g/mol. The number of nitrogens with one attached hydrogen (secondary N) is 2. The van der Waals surface area contributed by atoms with E-state index in [1.54, 1.807) is 12.4 Å². The van der Waals surface area contributed by atoms with E-state index in [0.717, 1.165) is 82.8 Å². The summed E-state index contributed by atoms with van der Waals surface area (Å²) < 4.78 is 0. The fraction of sp³-hybridized carbons (Fsp3) is 0.567. The minimum absolute atomic E-state index is 0.108. The molecular formula is C30H41N7O. The van der Waals surface area contributed by atoms with E-state index in [4.69, 9.17) is 0 Å². The molecule has 0 atom stereocenters. The number of benzene rings is 1. The Morgan fingerprint density at radius 1 is 0.816 bits per heavy atom. The van der Waals surface area contributed by atoms with Gasteiger partial charge in [-0.05, 0) is 56.3 Å². The highest BCUT2D eigenvalue weighted by Gasteiger charge is 2.48. The molecule has 1 saturated carbocycles. The molecule has 0 radical (unpaired) electrons. The molecule has 1 amide bonds. The smallest absolute Gasteiger partial charge is 0.229 e. The molecule has 0 unspecified atom stereocenters. The van der Waals surface area contributed by atoms with Gasteiger partial charge >= 0.3 is 0 Å². The van der Waals surface area contributed by atoms with Crippen LogP contribution in [0.4, 0.5) is 0 Å². The van der Waals surface area contributed by atoms with Crippen molar-refractivity contribution in [3.05, 3.63) is 71.8 Å². The van der Waals surface area contributed by atoms with Gasteiger partial charge in [-0.3, -0.25) is 9.69 Å². The van der Waals surface area contributed by atoms with Crippen LogP contribution >= 0.6 is 0 Å². The number of likely N-dealkylation sites (tertiary alicyclic amines) is 2. The number of carbonyl (C=O) groups is 1. The van der Waals surface area contributed by atoms with Crippen molar-refractivity contribution < 1.29 is 4.79 Å². The van der Waals surface area contributed by atoms with Crippen LogP contribution in [0.3, 0.4) is 0 Å². The Bertz CT molecular complexity index is 1110. The first-order chi connectivity index (χ1) is 18.7. The third kappa shape index (κ3) is 5.71. The average molecular weight is 516 g/mol. The van der Waals surface area contributed by atoms with Crippen molar-refractivity contribution in [3.63, 3.8) is 0 Å². The molecule has 3 aliphatic rings. The summed E-state index contributed by atoms with van der Waals surface area (Å²) in [6, 6.07) is 9.55. The lowest BCUT2D eigenvalue weighted by molar-refractivity contribution is -0.139. The first kappa shape index (κ1) is 25.3. The molecule has 4 heterocycles. The third-order valence-electron chi connectivity index (χ3n) is 9.11. The summed E-state index contributed by atoms with van der Waals surface area (Å²) in [6.45, 7) is 6.05. The zero-order chi connectivity index (χ0) is 25.8. The zero-order valence-corrected chi connectivity index (χ0v) is 22.4. The number of amides is 1. The highest BCUT2D eigenvalue weighted by molar-refractivity contribution is 5.85. The van der Waals surface area contributed by atoms with Gasteiger partial charge in [0, 0.05) is 50.5 Å². The van der Waals surface area contributed by atoms with Crippen LogP contribution in [0.25, 0.3) is 0 Å². The quantitative estimate of drug-likeness (QED) is 0.439. The Kier molecular flexibility index (Phi) is 7.60. The van der Waals surface area contributed by atoms with Crippen molar-refractivity contribution >= 4 is 5.91 Å². The van der Waals surface area contributed by atoms with Crippen LogP contribution in [0.2, 0.25) is 0 Å². The van der Waals surface area contributed by atoms with Crippen LogP contribution < -0.4 is 0 Å². The van der Waals surface area contributed by atoms with Crippen LogP contribution in [0.1, 0.15) is 74.1 Å². The summed E-state index contributed by atoms with van der Waals surface area (Å²) in [7, 11) is 0. The predicted molar refractivity (Wildman–Crippen MR) is 147 cm³/mol. The van der Waals surface area contributed by atoms with Gasteiger partial charge in [-0.15, -0.1) is 0 Å². The van der Waals surface area contributed by atoms with Crippen molar-refractivity contribution in [2.45, 2.75) is 83.6 Å². The first-order valence-corrected chi connectivity index (χ1v) is 14.5. The zero-order valence-electron chi connectivity index (χ0n) is 22.4. The van der Waals surface area contributed by atoms with Gasteiger partial charge in [0.05, 0.1) is 18.5 Å². The Hall–Kier alpha value is -2.97. The molecule has 8 nitrogen and oxygen atoms in total. The molecule has 1 aliphatic carbocycles. The van der Waals surface area contributed by atoms with Gasteiger partial charge in [0.1, 0.15) is 11.6 Å². The van der Waals surface area contributed by atoms with Crippen molar-refractivity contribution in [1.82, 2.24) is 34.6 Å². The highest BCUT2D eigenvalue weighted by atomic mass is 16.2. The Morgan fingerprint density at radius 3 is 2.03 bits per heavy atom. The predicted octanol–water partition coefficient (Wildman–Crippen LogP) is 4.48. The lowest BCUT2D eigenvalue weighted by atomic mass is 9.76. The molecule has 1 aromatic carbocycles. The van der Waals surface area contributed by atoms with Crippen LogP contribution in [0.15, 0.2) is 49.1 Å². The van der Waals surface area contributed by atoms with Crippen molar-refractivity contribution in [3.8, 4) is 0 Å². The lowest BCUT2D eigenvalue weighted by Crippen LogP contribution is -2.48. The number of carbonyl (C=O) groups excluding carboxylic acids is 1. The molecule has 202 valence electrons. The van der Waals surface area contributed by atoms with Crippen molar-refractivity contribution in [2.24, 2.45) is 5.41 Å². The summed E-state index contributed by atoms with van der Waals surface area (Å²) >= 11 is 0. The summed E-state index contributed by atoms with van der Waals surface area (Å²) in [6.07, 6.45) is 17.3. The number of rotatable bonds is 9. The number of hydrogen-bond acceptors (Lipinski definition) is 5. The molecule has 8 heteroatoms. The Balaban J connectivity index is 1.04. The molecule has 2 saturated heterocycles. The summed E-state index contributed by atoms with van der Waals surface area (Å²) in [4.78, 5) is 35.9. The van der Waals surface area contributed by atoms with Gasteiger partial charge in [-0.1, -0.05) is 43.5 Å². The van der Waals surface area contributed by atoms with Gasteiger partial charge in [0.25, 0.3) is 0 Å². The van der Waals surface area contributed by atoms with E-state index in [1.165, 1.54) is 43.2 Å². The van der Waals surface area contributed by atoms with E-state index in [0.29, 0.717) is 5.91 Å². The SMILES string of the molecule is O=C1N(Cc2ccc(CN(Cc3ncc[nH]3)Cc3ncc[nH]3)cc2)CCC12CCN(C1CCCCC1)CC2. The highest BCUT2D eigenvalue weighted by Crippen LogP contribution is 2.43. The fourth-order valence-corrected chi connectivity index (χ4v) is 6.86. The van der Waals surface area contributed by atoms with E-state index in [1.807, 2.05) is 12.4 Å². The number of aromatic nitrogens is 4. The second kappa shape index (κ2) is 11.4. The number of aromatic amines is 2. The van der Waals surface area contributed by atoms with E-state index in [2.05, 4.69) is 58.9 Å². The van der Waals surface area contributed by atoms with Gasteiger partial charge in [0.15, 0.2) is 0 Å². The van der Waals surface area contributed by atoms with E-state index in [-0.39, 0.29) is 5.41 Å². The van der Waals surface area contributed by atoms with E-state index >= 15 is 0 Å². The molecule has 1 spiro atoms. The van der Waals surface area contributed by atoms with Gasteiger partial charge in [-0.25, -0.2) is 9.97 Å². The Morgan fingerprint density at radius 2 is 1.42 bits per heavy atom. The molecule has 0 bridgehead atoms. The van der Waals surface area contributed by atoms with Gasteiger partial charge in [-0.2, -0.15) is 0 Å². The number of hydrogen-bond donors (Lipinski definition) is 2. The number of H-pyrrole nitrogens is 2. The van der Waals surface area contributed by atoms with Crippen molar-refractivity contribution in [1.29, 1.82) is 0 Å².